The van der Waals surface area contributed by atoms with Gasteiger partial charge in [0.15, 0.2) is 0 Å². The lowest BCUT2D eigenvalue weighted by molar-refractivity contribution is -0.139. The third-order valence-electron chi connectivity index (χ3n) is 5.29. The molecule has 2 aliphatic rings. The predicted octanol–water partition coefficient (Wildman–Crippen LogP) is 1.89. The zero-order valence-electron chi connectivity index (χ0n) is 16.3. The van der Waals surface area contributed by atoms with Crippen LogP contribution in [-0.4, -0.2) is 68.2 Å². The summed E-state index contributed by atoms with van der Waals surface area (Å²) in [7, 11) is 1.51. The van der Waals surface area contributed by atoms with Crippen LogP contribution < -0.4 is 15.5 Å². The zero-order chi connectivity index (χ0) is 21.2. The number of hydrogen-bond acceptors (Lipinski definition) is 5. The summed E-state index contributed by atoms with van der Waals surface area (Å²) in [6.45, 7) is 4.11. The summed E-state index contributed by atoms with van der Waals surface area (Å²) in [5, 5.41) is 5.96. The van der Waals surface area contributed by atoms with Crippen molar-refractivity contribution in [2.24, 2.45) is 5.92 Å². The van der Waals surface area contributed by atoms with Crippen LogP contribution in [0.2, 0.25) is 10.0 Å². The fourth-order valence-corrected chi connectivity index (χ4v) is 4.31. The molecule has 2 saturated heterocycles. The minimum Gasteiger partial charge on any atom is -0.384 e. The fraction of sp³-hybridized carbons (Fsp3) is 0.526. The van der Waals surface area contributed by atoms with E-state index in [9.17, 15) is 14.4 Å². The van der Waals surface area contributed by atoms with Gasteiger partial charge in [0.1, 0.15) is 5.54 Å². The summed E-state index contributed by atoms with van der Waals surface area (Å²) in [5.41, 5.74) is -0.212. The molecule has 29 heavy (non-hydrogen) atoms. The number of rotatable bonds is 6. The zero-order valence-corrected chi connectivity index (χ0v) is 17.8. The Labute approximate surface area is 179 Å². The Morgan fingerprint density at radius 1 is 1.17 bits per heavy atom. The van der Waals surface area contributed by atoms with E-state index in [0.717, 1.165) is 5.69 Å². The average molecular weight is 443 g/mol. The molecule has 0 bridgehead atoms. The lowest BCUT2D eigenvalue weighted by Gasteiger charge is -2.38. The van der Waals surface area contributed by atoms with Crippen molar-refractivity contribution in [1.82, 2.24) is 15.5 Å². The van der Waals surface area contributed by atoms with Gasteiger partial charge < -0.3 is 19.9 Å². The molecule has 10 heteroatoms. The quantitative estimate of drug-likeness (QED) is 0.656. The SMILES string of the molecule is COCC(CC1(C)NC(=O)NC1=O)C(=O)N1CCN(c2cc(Cl)cc(Cl)c2)CC1. The number of nitrogens with one attached hydrogen (secondary N) is 2. The van der Waals surface area contributed by atoms with E-state index in [1.807, 2.05) is 12.1 Å². The van der Waals surface area contributed by atoms with E-state index in [1.165, 1.54) is 7.11 Å². The Morgan fingerprint density at radius 3 is 2.31 bits per heavy atom. The van der Waals surface area contributed by atoms with Crippen LogP contribution in [-0.2, 0) is 14.3 Å². The van der Waals surface area contributed by atoms with Crippen LogP contribution >= 0.6 is 23.2 Å². The molecule has 3 rings (SSSR count). The molecule has 4 amide bonds. The normalized spacial score (nSPS) is 23.0. The minimum absolute atomic E-state index is 0.0919. The van der Waals surface area contributed by atoms with Crippen molar-refractivity contribution >= 4 is 46.7 Å². The van der Waals surface area contributed by atoms with E-state index < -0.39 is 23.4 Å². The van der Waals surface area contributed by atoms with Gasteiger partial charge in [-0.25, -0.2) is 4.79 Å². The summed E-state index contributed by atoms with van der Waals surface area (Å²) in [6.07, 6.45) is 0.168. The number of carbonyl (C=O) groups is 3. The topological polar surface area (TPSA) is 91.0 Å². The summed E-state index contributed by atoms with van der Waals surface area (Å²) < 4.78 is 5.22. The first-order valence-electron chi connectivity index (χ1n) is 9.34. The Balaban J connectivity index is 1.64. The van der Waals surface area contributed by atoms with Crippen LogP contribution in [0.1, 0.15) is 13.3 Å². The first kappa shape index (κ1) is 21.7. The van der Waals surface area contributed by atoms with Gasteiger partial charge in [-0.15, -0.1) is 0 Å². The van der Waals surface area contributed by atoms with E-state index in [-0.39, 0.29) is 18.9 Å². The molecule has 0 saturated carbocycles. The van der Waals surface area contributed by atoms with Crippen LogP contribution in [0.25, 0.3) is 0 Å². The number of benzene rings is 1. The Morgan fingerprint density at radius 2 is 1.79 bits per heavy atom. The summed E-state index contributed by atoms with van der Waals surface area (Å²) >= 11 is 12.2. The lowest BCUT2D eigenvalue weighted by atomic mass is 9.88. The number of halogens is 2. The van der Waals surface area contributed by atoms with Gasteiger partial charge in [0.05, 0.1) is 12.5 Å². The number of imide groups is 1. The average Bonchev–Trinajstić information content (AvgIpc) is 2.91. The second-order valence-corrected chi connectivity index (χ2v) is 8.41. The molecule has 0 spiro atoms. The second-order valence-electron chi connectivity index (χ2n) is 7.54. The van der Waals surface area contributed by atoms with Gasteiger partial charge >= 0.3 is 6.03 Å². The second kappa shape index (κ2) is 8.77. The van der Waals surface area contributed by atoms with Gasteiger partial charge in [0.25, 0.3) is 5.91 Å². The fourth-order valence-electron chi connectivity index (χ4n) is 3.80. The molecule has 0 radical (unpaired) electrons. The third kappa shape index (κ3) is 4.94. The van der Waals surface area contributed by atoms with Gasteiger partial charge in [-0.2, -0.15) is 0 Å². The number of nitrogens with zero attached hydrogens (tertiary/aromatic N) is 2. The van der Waals surface area contributed by atoms with Crippen molar-refractivity contribution in [2.75, 3.05) is 44.8 Å². The molecule has 1 aromatic rings. The molecule has 8 nitrogen and oxygen atoms in total. The maximum atomic E-state index is 13.1. The van der Waals surface area contributed by atoms with E-state index in [1.54, 1.807) is 17.9 Å². The molecule has 2 aliphatic heterocycles. The van der Waals surface area contributed by atoms with Gasteiger partial charge in [0.2, 0.25) is 5.91 Å². The number of piperazine rings is 1. The van der Waals surface area contributed by atoms with Gasteiger partial charge in [0, 0.05) is 49.0 Å². The van der Waals surface area contributed by atoms with Crippen molar-refractivity contribution in [3.63, 3.8) is 0 Å². The Hall–Kier alpha value is -2.03. The molecule has 0 aliphatic carbocycles. The Bertz CT molecular complexity index is 793. The van der Waals surface area contributed by atoms with Crippen molar-refractivity contribution in [3.05, 3.63) is 28.2 Å². The van der Waals surface area contributed by atoms with E-state index in [4.69, 9.17) is 27.9 Å². The van der Waals surface area contributed by atoms with E-state index in [2.05, 4.69) is 15.5 Å². The smallest absolute Gasteiger partial charge is 0.322 e. The van der Waals surface area contributed by atoms with E-state index >= 15 is 0 Å². The molecule has 2 unspecified atom stereocenters. The Kier molecular flexibility index (Phi) is 6.55. The van der Waals surface area contributed by atoms with Crippen molar-refractivity contribution in [1.29, 1.82) is 0 Å². The van der Waals surface area contributed by atoms with Crippen molar-refractivity contribution < 1.29 is 19.1 Å². The minimum atomic E-state index is -1.13. The molecule has 2 N–H and O–H groups in total. The van der Waals surface area contributed by atoms with E-state index in [0.29, 0.717) is 36.2 Å². The number of methoxy groups -OCH3 is 1. The van der Waals surface area contributed by atoms with Gasteiger partial charge in [-0.05, 0) is 31.5 Å². The highest BCUT2D eigenvalue weighted by Crippen LogP contribution is 2.27. The maximum absolute atomic E-state index is 13.1. The summed E-state index contributed by atoms with van der Waals surface area (Å²) in [6, 6.07) is 4.83. The maximum Gasteiger partial charge on any atom is 0.322 e. The first-order chi connectivity index (χ1) is 13.7. The molecular formula is C19H24Cl2N4O4. The van der Waals surface area contributed by atoms with Gasteiger partial charge in [-0.3, -0.25) is 14.9 Å². The molecular weight excluding hydrogens is 419 g/mol. The van der Waals surface area contributed by atoms with Crippen LogP contribution in [0.15, 0.2) is 18.2 Å². The van der Waals surface area contributed by atoms with Gasteiger partial charge in [-0.1, -0.05) is 23.2 Å². The third-order valence-corrected chi connectivity index (χ3v) is 5.73. The number of ether oxygens (including phenoxy) is 1. The monoisotopic (exact) mass is 442 g/mol. The predicted molar refractivity (Wildman–Crippen MR) is 110 cm³/mol. The van der Waals surface area contributed by atoms with Crippen LogP contribution in [0, 0.1) is 5.92 Å². The number of amides is 4. The molecule has 2 fully saturated rings. The van der Waals surface area contributed by atoms with Crippen LogP contribution in [0.5, 0.6) is 0 Å². The molecule has 1 aromatic carbocycles. The molecule has 158 valence electrons. The van der Waals surface area contributed by atoms with Crippen molar-refractivity contribution in [3.8, 4) is 0 Å². The first-order valence-corrected chi connectivity index (χ1v) is 10.1. The van der Waals surface area contributed by atoms with Crippen LogP contribution in [0.3, 0.4) is 0 Å². The van der Waals surface area contributed by atoms with Crippen LogP contribution in [0.4, 0.5) is 10.5 Å². The van der Waals surface area contributed by atoms with Crippen molar-refractivity contribution in [2.45, 2.75) is 18.9 Å². The molecule has 2 heterocycles. The summed E-state index contributed by atoms with van der Waals surface area (Å²) in [5.74, 6) is -1.06. The highest BCUT2D eigenvalue weighted by atomic mass is 35.5. The molecule has 0 aromatic heterocycles. The number of hydrogen-bond donors (Lipinski definition) is 2. The highest BCUT2D eigenvalue weighted by molar-refractivity contribution is 6.35. The summed E-state index contributed by atoms with van der Waals surface area (Å²) in [4.78, 5) is 40.6. The highest BCUT2D eigenvalue weighted by Gasteiger charge is 2.45. The lowest BCUT2D eigenvalue weighted by Crippen LogP contribution is -2.53. The number of carbonyl (C=O) groups excluding carboxylic acids is 3. The number of urea groups is 1. The standard InChI is InChI=1S/C19H24Cl2N4O4/c1-19(17(27)22-18(28)23-19)10-12(11-29-2)16(26)25-5-3-24(4-6-25)15-8-13(20)7-14(21)9-15/h7-9,12H,3-6,10-11H2,1-2H3,(H2,22,23,27,28). The molecule has 2 atom stereocenters. The number of anilines is 1. The largest absolute Gasteiger partial charge is 0.384 e.